The minimum absolute atomic E-state index is 0.0112. The number of carbonyl (C=O) groups is 1. The van der Waals surface area contributed by atoms with Gasteiger partial charge in [-0.2, -0.15) is 0 Å². The predicted octanol–water partition coefficient (Wildman–Crippen LogP) is 3.12. The topological polar surface area (TPSA) is 49.3 Å². The van der Waals surface area contributed by atoms with E-state index in [4.69, 9.17) is 11.6 Å². The van der Waals surface area contributed by atoms with Crippen molar-refractivity contribution in [2.24, 2.45) is 0 Å². The molecule has 0 fully saturated rings. The first-order valence-electron chi connectivity index (χ1n) is 6.42. The first kappa shape index (κ1) is 15.5. The molecule has 0 saturated heterocycles. The fourth-order valence-electron chi connectivity index (χ4n) is 1.93. The monoisotopic (exact) mass is 307 g/mol. The van der Waals surface area contributed by atoms with Gasteiger partial charge in [0.1, 0.15) is 11.4 Å². The summed E-state index contributed by atoms with van der Waals surface area (Å²) in [5.41, 5.74) is -0.507. The zero-order valence-corrected chi connectivity index (χ0v) is 12.2. The Morgan fingerprint density at radius 3 is 2.57 bits per heavy atom. The molecule has 0 spiro atoms. The van der Waals surface area contributed by atoms with Crippen LogP contribution in [0.4, 0.5) is 4.39 Å². The van der Waals surface area contributed by atoms with E-state index in [1.165, 1.54) is 18.2 Å². The molecule has 0 aromatic heterocycles. The molecular formula is C16H15ClFNO2. The second-order valence-corrected chi connectivity index (χ2v) is 5.30. The molecule has 2 rings (SSSR count). The summed E-state index contributed by atoms with van der Waals surface area (Å²) in [6.45, 7) is 1.58. The van der Waals surface area contributed by atoms with E-state index >= 15 is 0 Å². The van der Waals surface area contributed by atoms with Crippen LogP contribution in [0.5, 0.6) is 0 Å². The summed E-state index contributed by atoms with van der Waals surface area (Å²) in [6, 6.07) is 13.0. The third-order valence-corrected chi connectivity index (χ3v) is 3.57. The second kappa shape index (κ2) is 6.24. The van der Waals surface area contributed by atoms with Gasteiger partial charge in [-0.25, -0.2) is 4.39 Å². The number of aliphatic hydroxyl groups is 1. The van der Waals surface area contributed by atoms with Crippen LogP contribution < -0.4 is 5.32 Å². The van der Waals surface area contributed by atoms with Gasteiger partial charge in [0.05, 0.1) is 17.1 Å². The van der Waals surface area contributed by atoms with Gasteiger partial charge in [-0.3, -0.25) is 4.79 Å². The van der Waals surface area contributed by atoms with E-state index in [1.54, 1.807) is 31.2 Å². The molecule has 0 radical (unpaired) electrons. The Kier molecular flexibility index (Phi) is 4.60. The van der Waals surface area contributed by atoms with Crippen LogP contribution in [0.2, 0.25) is 5.02 Å². The predicted molar refractivity (Wildman–Crippen MR) is 79.8 cm³/mol. The van der Waals surface area contributed by atoms with Gasteiger partial charge in [-0.1, -0.05) is 48.0 Å². The number of hydrogen-bond acceptors (Lipinski definition) is 2. The lowest BCUT2D eigenvalue weighted by molar-refractivity contribution is 0.0526. The highest BCUT2D eigenvalue weighted by atomic mass is 35.5. The third-order valence-electron chi connectivity index (χ3n) is 3.19. The smallest absolute Gasteiger partial charge is 0.253 e. The lowest BCUT2D eigenvalue weighted by Crippen LogP contribution is -2.38. The highest BCUT2D eigenvalue weighted by molar-refractivity contribution is 6.34. The molecule has 2 N–H and O–H groups in total. The SMILES string of the molecule is CC(O)(CNC(=O)c1cccc(F)c1Cl)c1ccccc1. The first-order valence-corrected chi connectivity index (χ1v) is 6.80. The van der Waals surface area contributed by atoms with Crippen LogP contribution in [0.25, 0.3) is 0 Å². The fraction of sp³-hybridized carbons (Fsp3) is 0.188. The van der Waals surface area contributed by atoms with Crippen molar-refractivity contribution in [2.75, 3.05) is 6.54 Å². The molecule has 5 heteroatoms. The van der Waals surface area contributed by atoms with Crippen LogP contribution in [0, 0.1) is 5.82 Å². The summed E-state index contributed by atoms with van der Waals surface area (Å²) in [5.74, 6) is -1.19. The van der Waals surface area contributed by atoms with Gasteiger partial charge in [-0.05, 0) is 24.6 Å². The van der Waals surface area contributed by atoms with Crippen LogP contribution in [0.15, 0.2) is 48.5 Å². The number of halogens is 2. The molecule has 2 aromatic rings. The van der Waals surface area contributed by atoms with Gasteiger partial charge in [-0.15, -0.1) is 0 Å². The van der Waals surface area contributed by atoms with E-state index in [0.29, 0.717) is 5.56 Å². The molecule has 1 atom stereocenters. The maximum atomic E-state index is 13.3. The molecule has 0 bridgehead atoms. The van der Waals surface area contributed by atoms with Crippen LogP contribution in [-0.2, 0) is 5.60 Å². The lowest BCUT2D eigenvalue weighted by atomic mass is 9.96. The second-order valence-electron chi connectivity index (χ2n) is 4.92. The van der Waals surface area contributed by atoms with Crippen LogP contribution >= 0.6 is 11.6 Å². The minimum Gasteiger partial charge on any atom is -0.384 e. The highest BCUT2D eigenvalue weighted by Crippen LogP contribution is 2.21. The summed E-state index contributed by atoms with van der Waals surface area (Å²) in [4.78, 5) is 12.0. The molecule has 1 amide bonds. The van der Waals surface area contributed by atoms with Crippen LogP contribution in [0.3, 0.4) is 0 Å². The molecule has 110 valence electrons. The summed E-state index contributed by atoms with van der Waals surface area (Å²) < 4.78 is 13.3. The summed E-state index contributed by atoms with van der Waals surface area (Å²) >= 11 is 5.76. The molecule has 3 nitrogen and oxygen atoms in total. The van der Waals surface area contributed by atoms with Crippen LogP contribution in [-0.4, -0.2) is 17.6 Å². The number of nitrogens with one attached hydrogen (secondary N) is 1. The van der Waals surface area contributed by atoms with Gasteiger partial charge >= 0.3 is 0 Å². The van der Waals surface area contributed by atoms with Crippen molar-refractivity contribution in [3.63, 3.8) is 0 Å². The van der Waals surface area contributed by atoms with Crippen molar-refractivity contribution < 1.29 is 14.3 Å². The van der Waals surface area contributed by atoms with Gasteiger partial charge in [0.2, 0.25) is 0 Å². The fourth-order valence-corrected chi connectivity index (χ4v) is 2.14. The van der Waals surface area contributed by atoms with E-state index in [0.717, 1.165) is 0 Å². The standard InChI is InChI=1S/C16H15ClFNO2/c1-16(21,11-6-3-2-4-7-11)10-19-15(20)12-8-5-9-13(18)14(12)17/h2-9,21H,10H2,1H3,(H,19,20). The first-order chi connectivity index (χ1) is 9.92. The highest BCUT2D eigenvalue weighted by Gasteiger charge is 2.24. The van der Waals surface area contributed by atoms with Crippen molar-refractivity contribution >= 4 is 17.5 Å². The lowest BCUT2D eigenvalue weighted by Gasteiger charge is -2.24. The summed E-state index contributed by atoms with van der Waals surface area (Å²) in [7, 11) is 0. The maximum absolute atomic E-state index is 13.3. The Balaban J connectivity index is 2.09. The zero-order chi connectivity index (χ0) is 15.5. The largest absolute Gasteiger partial charge is 0.384 e. The number of benzene rings is 2. The van der Waals surface area contributed by atoms with Crippen molar-refractivity contribution in [1.82, 2.24) is 5.32 Å². The van der Waals surface area contributed by atoms with Gasteiger partial charge in [0.25, 0.3) is 5.91 Å². The number of amides is 1. The Bertz CT molecular complexity index is 644. The van der Waals surface area contributed by atoms with Crippen molar-refractivity contribution in [3.8, 4) is 0 Å². The molecule has 0 heterocycles. The van der Waals surface area contributed by atoms with Crippen molar-refractivity contribution in [2.45, 2.75) is 12.5 Å². The van der Waals surface area contributed by atoms with E-state index in [9.17, 15) is 14.3 Å². The number of hydrogen-bond donors (Lipinski definition) is 2. The molecule has 0 saturated carbocycles. The summed E-state index contributed by atoms with van der Waals surface area (Å²) in [6.07, 6.45) is 0. The van der Waals surface area contributed by atoms with Gasteiger partial charge < -0.3 is 10.4 Å². The Hall–Kier alpha value is -1.91. The molecule has 21 heavy (non-hydrogen) atoms. The van der Waals surface area contributed by atoms with E-state index in [2.05, 4.69) is 5.32 Å². The number of rotatable bonds is 4. The zero-order valence-electron chi connectivity index (χ0n) is 11.4. The van der Waals surface area contributed by atoms with Crippen molar-refractivity contribution in [1.29, 1.82) is 0 Å². The maximum Gasteiger partial charge on any atom is 0.253 e. The molecule has 0 aliphatic carbocycles. The van der Waals surface area contributed by atoms with Crippen molar-refractivity contribution in [3.05, 3.63) is 70.5 Å². The third kappa shape index (κ3) is 3.60. The minimum atomic E-state index is -1.23. The molecule has 0 aliphatic heterocycles. The van der Waals surface area contributed by atoms with E-state index < -0.39 is 17.3 Å². The Labute approximate surface area is 127 Å². The molecule has 2 aromatic carbocycles. The molecule has 1 unspecified atom stereocenters. The summed E-state index contributed by atoms with van der Waals surface area (Å²) in [5, 5.41) is 12.7. The van der Waals surface area contributed by atoms with Gasteiger partial charge in [0.15, 0.2) is 0 Å². The van der Waals surface area contributed by atoms with Gasteiger partial charge in [0, 0.05) is 0 Å². The number of carbonyl (C=O) groups excluding carboxylic acids is 1. The Morgan fingerprint density at radius 2 is 1.90 bits per heavy atom. The normalized spacial score (nSPS) is 13.5. The Morgan fingerprint density at radius 1 is 1.24 bits per heavy atom. The average Bonchev–Trinajstić information content (AvgIpc) is 2.49. The van der Waals surface area contributed by atoms with Crippen LogP contribution in [0.1, 0.15) is 22.8 Å². The van der Waals surface area contributed by atoms with E-state index in [1.807, 2.05) is 6.07 Å². The quantitative estimate of drug-likeness (QED) is 0.912. The van der Waals surface area contributed by atoms with E-state index in [-0.39, 0.29) is 17.1 Å². The molecule has 0 aliphatic rings. The average molecular weight is 308 g/mol. The molecular weight excluding hydrogens is 293 g/mol.